The van der Waals surface area contributed by atoms with Gasteiger partial charge in [-0.25, -0.2) is 0 Å². The molecule has 0 spiro atoms. The number of benzene rings is 2. The van der Waals surface area contributed by atoms with Crippen molar-refractivity contribution in [1.82, 2.24) is 53.2 Å². The molecule has 0 aliphatic carbocycles. The zero-order chi connectivity index (χ0) is 41.0. The summed E-state index contributed by atoms with van der Waals surface area (Å²) in [5.41, 5.74) is 2.21. The van der Waals surface area contributed by atoms with E-state index >= 15 is 0 Å². The van der Waals surface area contributed by atoms with Crippen LogP contribution in [0.2, 0.25) is 0 Å². The average molecular weight is 783 g/mol. The molecular weight excluding hydrogens is 720 g/mol. The summed E-state index contributed by atoms with van der Waals surface area (Å²) < 4.78 is 0. The zero-order valence-corrected chi connectivity index (χ0v) is 33.3. The van der Waals surface area contributed by atoms with Crippen molar-refractivity contribution in [1.29, 1.82) is 0 Å². The van der Waals surface area contributed by atoms with E-state index in [4.69, 9.17) is 0 Å². The predicted octanol–water partition coefficient (Wildman–Crippen LogP) is -1.67. The molecule has 5 atom stereocenters. The summed E-state index contributed by atoms with van der Waals surface area (Å²) in [6.07, 6.45) is 1.74. The summed E-state index contributed by atoms with van der Waals surface area (Å²) in [5, 5.41) is 50.9. The van der Waals surface area contributed by atoms with E-state index in [-0.39, 0.29) is 43.1 Å². The van der Waals surface area contributed by atoms with E-state index in [0.717, 1.165) is 0 Å². The summed E-state index contributed by atoms with van der Waals surface area (Å²) in [7, 11) is 8.67. The molecule has 17 heteroatoms. The first kappa shape index (κ1) is 45.6. The Kier molecular flexibility index (Phi) is 19.5. The van der Waals surface area contributed by atoms with Gasteiger partial charge < -0.3 is 63.4 Å². The van der Waals surface area contributed by atoms with Crippen LogP contribution in [0.1, 0.15) is 43.2 Å². The van der Waals surface area contributed by atoms with Crippen LogP contribution in [-0.4, -0.2) is 138 Å². The quantitative estimate of drug-likeness (QED) is 0.0676. The van der Waals surface area contributed by atoms with Crippen LogP contribution in [0.3, 0.4) is 0 Å². The minimum Gasteiger partial charge on any atom is -0.508 e. The van der Waals surface area contributed by atoms with Crippen molar-refractivity contribution in [2.24, 2.45) is 0 Å². The second kappa shape index (κ2) is 24.0. The number of rotatable bonds is 20. The fraction of sp³-hybridized carbons (Fsp3) is 0.564. The number of likely N-dealkylation sites (N-methyl/N-ethyl adjacent to an activating group) is 2. The highest BCUT2D eigenvalue weighted by atomic mass is 16.3. The molecule has 3 rings (SSSR count). The Hall–Kier alpha value is -4.81. The van der Waals surface area contributed by atoms with Gasteiger partial charge in [0.05, 0.1) is 6.04 Å². The minimum atomic E-state index is -1.29. The lowest BCUT2D eigenvalue weighted by Gasteiger charge is -2.27. The van der Waals surface area contributed by atoms with Gasteiger partial charge in [0, 0.05) is 25.9 Å². The molecular formula is C39H62N10O7. The lowest BCUT2D eigenvalue weighted by molar-refractivity contribution is -0.135. The van der Waals surface area contributed by atoms with Gasteiger partial charge in [0.25, 0.3) is 0 Å². The van der Waals surface area contributed by atoms with E-state index < -0.39 is 53.8 Å². The lowest BCUT2D eigenvalue weighted by Crippen LogP contribution is -2.59. The lowest BCUT2D eigenvalue weighted by atomic mass is 9.95. The molecule has 2 aromatic carbocycles. The van der Waals surface area contributed by atoms with Gasteiger partial charge in [-0.15, -0.1) is 0 Å². The molecule has 1 heterocycles. The molecule has 0 saturated heterocycles. The van der Waals surface area contributed by atoms with Crippen molar-refractivity contribution in [2.75, 3.05) is 68.0 Å². The van der Waals surface area contributed by atoms with Gasteiger partial charge in [-0.05, 0) is 133 Å². The summed E-state index contributed by atoms with van der Waals surface area (Å²) in [5.74, 6) is -2.82. The van der Waals surface area contributed by atoms with Crippen LogP contribution >= 0.6 is 0 Å². The number of hydrogen-bond acceptors (Lipinski definition) is 12. The molecule has 4 bridgehead atoms. The van der Waals surface area contributed by atoms with Crippen molar-refractivity contribution in [3.05, 3.63) is 47.5 Å². The number of fused-ring (bicyclic) bond motifs is 5. The van der Waals surface area contributed by atoms with E-state index in [0.29, 0.717) is 74.2 Å². The number of carbonyl (C=O) groups excluding carboxylic acids is 5. The van der Waals surface area contributed by atoms with Gasteiger partial charge in [0.1, 0.15) is 35.7 Å². The van der Waals surface area contributed by atoms with Gasteiger partial charge in [0.15, 0.2) is 0 Å². The highest BCUT2D eigenvalue weighted by molar-refractivity contribution is 5.96. The molecule has 0 saturated carbocycles. The van der Waals surface area contributed by atoms with Crippen molar-refractivity contribution in [3.8, 4) is 22.6 Å². The molecule has 1 aliphatic heterocycles. The molecule has 2 aromatic rings. The van der Waals surface area contributed by atoms with E-state index in [9.17, 15) is 34.2 Å². The standard InChI is InChI=1S/C39H62N10O7/c1-40-15-6-8-28(36(53)48-30(14-17-42-3)35(52)45-19-18-43-4)47-39(56)32-23-27-21-25(11-13-34(27)51)24-10-12-33(50)26(20-24)22-31(44-5)38(55)46-29(37(54)49-32)9-7-16-41-2/h10-13,20-21,28-32,40-44,50-51H,6-9,14-19,22-23H2,1-5H3,(H,45,52)(H,46,55)(H,47,56)(H,48,53)(H,49,54)/t28-,29-,30-,31-,32-/m0/s1. The van der Waals surface area contributed by atoms with Crippen molar-refractivity contribution < 1.29 is 34.2 Å². The maximum atomic E-state index is 14.3. The molecule has 0 unspecified atom stereocenters. The number of nitrogens with one attached hydrogen (secondary N) is 10. The monoisotopic (exact) mass is 782 g/mol. The van der Waals surface area contributed by atoms with E-state index in [1.807, 2.05) is 0 Å². The number of amides is 5. The van der Waals surface area contributed by atoms with Gasteiger partial charge in [-0.3, -0.25) is 24.0 Å². The molecule has 1 aliphatic rings. The van der Waals surface area contributed by atoms with Gasteiger partial charge in [0.2, 0.25) is 29.5 Å². The molecule has 0 radical (unpaired) electrons. The van der Waals surface area contributed by atoms with Crippen molar-refractivity contribution in [3.63, 3.8) is 0 Å². The molecule has 56 heavy (non-hydrogen) atoms. The second-order valence-electron chi connectivity index (χ2n) is 14.0. The third-order valence-electron chi connectivity index (χ3n) is 9.73. The highest BCUT2D eigenvalue weighted by Gasteiger charge is 2.33. The Morgan fingerprint density at radius 1 is 0.679 bits per heavy atom. The van der Waals surface area contributed by atoms with Crippen LogP contribution in [0.5, 0.6) is 11.5 Å². The smallest absolute Gasteiger partial charge is 0.243 e. The maximum absolute atomic E-state index is 14.3. The fourth-order valence-corrected chi connectivity index (χ4v) is 6.42. The highest BCUT2D eigenvalue weighted by Crippen LogP contribution is 2.31. The molecule has 310 valence electrons. The van der Waals surface area contributed by atoms with Crippen LogP contribution in [0, 0.1) is 0 Å². The fourth-order valence-electron chi connectivity index (χ4n) is 6.42. The Bertz CT molecular complexity index is 1610. The number of aromatic hydroxyl groups is 2. The van der Waals surface area contributed by atoms with E-state index in [2.05, 4.69) is 53.2 Å². The second-order valence-corrected chi connectivity index (χ2v) is 14.0. The van der Waals surface area contributed by atoms with Gasteiger partial charge >= 0.3 is 0 Å². The van der Waals surface area contributed by atoms with Crippen molar-refractivity contribution >= 4 is 29.5 Å². The molecule has 17 nitrogen and oxygen atoms in total. The largest absolute Gasteiger partial charge is 0.508 e. The maximum Gasteiger partial charge on any atom is 0.243 e. The minimum absolute atomic E-state index is 0.00116. The summed E-state index contributed by atoms with van der Waals surface area (Å²) in [6.45, 7) is 2.46. The zero-order valence-electron chi connectivity index (χ0n) is 33.3. The van der Waals surface area contributed by atoms with E-state index in [1.54, 1.807) is 59.5 Å². The molecule has 0 aromatic heterocycles. The molecule has 5 amide bonds. The number of phenols is 2. The molecule has 0 fully saturated rings. The van der Waals surface area contributed by atoms with Crippen LogP contribution in [0.25, 0.3) is 11.1 Å². The van der Waals surface area contributed by atoms with Crippen LogP contribution in [-0.2, 0) is 36.8 Å². The summed E-state index contributed by atoms with van der Waals surface area (Å²) in [4.78, 5) is 69.0. The Morgan fingerprint density at radius 3 is 1.88 bits per heavy atom. The SMILES string of the molecule is CNCCC[C@@H]1NC(=O)[C@@H](NC)Cc2cc(ccc2O)-c2ccc(O)c(c2)C[C@@H](C(=O)N[C@@H](CCCNC)C(=O)N[C@@H](CCNC)C(=O)NCCNC)NC1=O. The van der Waals surface area contributed by atoms with E-state index in [1.165, 1.54) is 12.1 Å². The first-order chi connectivity index (χ1) is 26.9. The average Bonchev–Trinajstić information content (AvgIpc) is 3.18. The first-order valence-corrected chi connectivity index (χ1v) is 19.3. The molecule has 12 N–H and O–H groups in total. The topological polar surface area (TPSA) is 246 Å². The summed E-state index contributed by atoms with van der Waals surface area (Å²) in [6, 6.07) is 4.81. The Labute approximate surface area is 329 Å². The predicted molar refractivity (Wildman–Crippen MR) is 215 cm³/mol. The normalized spacial score (nSPS) is 18.3. The number of carbonyl (C=O) groups is 5. The van der Waals surface area contributed by atoms with Crippen LogP contribution in [0.15, 0.2) is 36.4 Å². The summed E-state index contributed by atoms with van der Waals surface area (Å²) >= 11 is 0. The number of hydrogen-bond donors (Lipinski definition) is 12. The van der Waals surface area contributed by atoms with Crippen molar-refractivity contribution in [2.45, 2.75) is 75.2 Å². The Balaban J connectivity index is 2.04. The third-order valence-corrected chi connectivity index (χ3v) is 9.73. The van der Waals surface area contributed by atoms with Gasteiger partial charge in [-0.1, -0.05) is 12.1 Å². The Morgan fingerprint density at radius 2 is 1.27 bits per heavy atom. The van der Waals surface area contributed by atoms with Crippen LogP contribution < -0.4 is 53.2 Å². The van der Waals surface area contributed by atoms with Gasteiger partial charge in [-0.2, -0.15) is 0 Å². The number of phenolic OH excluding ortho intramolecular Hbond substituents is 2. The first-order valence-electron chi connectivity index (χ1n) is 19.3. The van der Waals surface area contributed by atoms with Crippen LogP contribution in [0.4, 0.5) is 0 Å². The third kappa shape index (κ3) is 14.0.